The summed E-state index contributed by atoms with van der Waals surface area (Å²) in [4.78, 5) is 44.0. The number of rotatable bonds is 11. The van der Waals surface area contributed by atoms with Gasteiger partial charge in [-0.2, -0.15) is 12.6 Å². The smallest absolute Gasteiger partial charge is 0.322 e. The number of thiol groups is 1. The molecule has 0 aliphatic heterocycles. The summed E-state index contributed by atoms with van der Waals surface area (Å²) in [7, 11) is 0. The molecule has 0 saturated carbocycles. The van der Waals surface area contributed by atoms with Crippen molar-refractivity contribution in [3.05, 3.63) is 0 Å². The molecule has 120 valence electrons. The Labute approximate surface area is 128 Å². The quantitative estimate of drug-likeness (QED) is 0.224. The molecule has 0 aliphatic carbocycles. The normalized spacial score (nSPS) is 14.8. The van der Waals surface area contributed by atoms with E-state index in [9.17, 15) is 19.2 Å². The minimum atomic E-state index is -1.15. The van der Waals surface area contributed by atoms with Crippen LogP contribution < -0.4 is 16.4 Å². The van der Waals surface area contributed by atoms with Gasteiger partial charge in [0.2, 0.25) is 5.91 Å². The van der Waals surface area contributed by atoms with E-state index in [1.54, 1.807) is 0 Å². The van der Waals surface area contributed by atoms with Crippen LogP contribution in [0.15, 0.2) is 0 Å². The SMILES string of the molecule is CC(=O)C(N)CC(C=O)CNC(CS)C(=O)NCC(=O)O. The molecule has 0 heterocycles. The van der Waals surface area contributed by atoms with E-state index in [0.29, 0.717) is 6.29 Å². The van der Waals surface area contributed by atoms with Crippen LogP contribution in [0.5, 0.6) is 0 Å². The topological polar surface area (TPSA) is 139 Å². The summed E-state index contributed by atoms with van der Waals surface area (Å²) in [6.07, 6.45) is 0.850. The highest BCUT2D eigenvalue weighted by molar-refractivity contribution is 7.80. The van der Waals surface area contributed by atoms with Crippen LogP contribution in [0, 0.1) is 5.92 Å². The molecule has 8 nitrogen and oxygen atoms in total. The molecule has 0 aromatic carbocycles. The van der Waals surface area contributed by atoms with Gasteiger partial charge in [-0.3, -0.25) is 14.4 Å². The van der Waals surface area contributed by atoms with Gasteiger partial charge in [-0.05, 0) is 13.3 Å². The molecule has 0 bridgehead atoms. The van der Waals surface area contributed by atoms with Crippen LogP contribution in [0.25, 0.3) is 0 Å². The Morgan fingerprint density at radius 3 is 2.43 bits per heavy atom. The molecular formula is C12H21N3O5S. The van der Waals surface area contributed by atoms with Crippen molar-refractivity contribution in [1.82, 2.24) is 10.6 Å². The lowest BCUT2D eigenvalue weighted by Gasteiger charge is -2.19. The van der Waals surface area contributed by atoms with Crippen LogP contribution >= 0.6 is 12.6 Å². The van der Waals surface area contributed by atoms with Crippen molar-refractivity contribution in [1.29, 1.82) is 0 Å². The van der Waals surface area contributed by atoms with Gasteiger partial charge in [0.1, 0.15) is 18.6 Å². The molecular weight excluding hydrogens is 298 g/mol. The van der Waals surface area contributed by atoms with E-state index in [4.69, 9.17) is 10.8 Å². The zero-order valence-electron chi connectivity index (χ0n) is 11.7. The second-order valence-corrected chi connectivity index (χ2v) is 4.97. The number of carbonyl (C=O) groups excluding carboxylic acids is 3. The number of hydrogen-bond donors (Lipinski definition) is 5. The predicted octanol–water partition coefficient (Wildman–Crippen LogP) is -1.80. The Balaban J connectivity index is 4.34. The summed E-state index contributed by atoms with van der Waals surface area (Å²) < 4.78 is 0. The van der Waals surface area contributed by atoms with Crippen LogP contribution in [-0.4, -0.2) is 60.0 Å². The van der Waals surface area contributed by atoms with Crippen LogP contribution in [0.1, 0.15) is 13.3 Å². The van der Waals surface area contributed by atoms with E-state index in [2.05, 4.69) is 23.3 Å². The summed E-state index contributed by atoms with van der Waals surface area (Å²) in [6, 6.07) is -1.46. The number of ketones is 1. The van der Waals surface area contributed by atoms with Gasteiger partial charge in [-0.15, -0.1) is 0 Å². The minimum absolute atomic E-state index is 0.135. The van der Waals surface area contributed by atoms with Gasteiger partial charge in [0.05, 0.1) is 12.1 Å². The third kappa shape index (κ3) is 8.43. The Bertz CT molecular complexity index is 391. The summed E-state index contributed by atoms with van der Waals surface area (Å²) in [5.74, 6) is -2.27. The van der Waals surface area contributed by atoms with Gasteiger partial charge in [0.25, 0.3) is 0 Å². The first-order valence-electron chi connectivity index (χ1n) is 6.36. The van der Waals surface area contributed by atoms with Crippen molar-refractivity contribution < 1.29 is 24.3 Å². The van der Waals surface area contributed by atoms with E-state index in [-0.39, 0.29) is 24.5 Å². The van der Waals surface area contributed by atoms with E-state index < -0.39 is 36.4 Å². The van der Waals surface area contributed by atoms with Crippen molar-refractivity contribution in [2.75, 3.05) is 18.8 Å². The molecule has 0 spiro atoms. The molecule has 3 atom stereocenters. The molecule has 0 saturated heterocycles. The number of amides is 1. The lowest BCUT2D eigenvalue weighted by atomic mass is 9.99. The number of carboxylic acid groups (broad SMARTS) is 1. The highest BCUT2D eigenvalue weighted by atomic mass is 32.1. The molecule has 0 aliphatic rings. The minimum Gasteiger partial charge on any atom is -0.480 e. The summed E-state index contributed by atoms with van der Waals surface area (Å²) in [5, 5.41) is 13.5. The first-order valence-corrected chi connectivity index (χ1v) is 7.00. The Morgan fingerprint density at radius 2 is 2.00 bits per heavy atom. The molecule has 3 unspecified atom stereocenters. The second kappa shape index (κ2) is 10.3. The fourth-order valence-corrected chi connectivity index (χ4v) is 1.79. The molecule has 0 aromatic heterocycles. The van der Waals surface area contributed by atoms with Gasteiger partial charge in [-0.25, -0.2) is 0 Å². The van der Waals surface area contributed by atoms with Crippen molar-refractivity contribution >= 4 is 36.6 Å². The van der Waals surface area contributed by atoms with Crippen LogP contribution in [0.3, 0.4) is 0 Å². The lowest BCUT2D eigenvalue weighted by molar-refractivity contribution is -0.138. The number of hydrogen-bond acceptors (Lipinski definition) is 7. The molecule has 5 N–H and O–H groups in total. The number of carboxylic acids is 1. The first-order chi connectivity index (χ1) is 9.81. The zero-order valence-corrected chi connectivity index (χ0v) is 12.6. The average Bonchev–Trinajstić information content (AvgIpc) is 2.43. The highest BCUT2D eigenvalue weighted by Gasteiger charge is 2.21. The monoisotopic (exact) mass is 319 g/mol. The Kier molecular flexibility index (Phi) is 9.59. The molecule has 0 aromatic rings. The Morgan fingerprint density at radius 1 is 1.38 bits per heavy atom. The molecule has 1 amide bonds. The average molecular weight is 319 g/mol. The largest absolute Gasteiger partial charge is 0.480 e. The van der Waals surface area contributed by atoms with Gasteiger partial charge in [-0.1, -0.05) is 0 Å². The van der Waals surface area contributed by atoms with Gasteiger partial charge >= 0.3 is 5.97 Å². The van der Waals surface area contributed by atoms with Gasteiger partial charge in [0, 0.05) is 18.2 Å². The summed E-state index contributed by atoms with van der Waals surface area (Å²) >= 11 is 4.00. The maximum Gasteiger partial charge on any atom is 0.322 e. The molecule has 0 rings (SSSR count). The van der Waals surface area contributed by atoms with E-state index in [1.807, 2.05) is 0 Å². The fourth-order valence-electron chi connectivity index (χ4n) is 1.50. The van der Waals surface area contributed by atoms with Crippen molar-refractivity contribution in [3.63, 3.8) is 0 Å². The van der Waals surface area contributed by atoms with Crippen LogP contribution in [0.4, 0.5) is 0 Å². The zero-order chi connectivity index (χ0) is 16.4. The van der Waals surface area contributed by atoms with Gasteiger partial charge in [0.15, 0.2) is 0 Å². The van der Waals surface area contributed by atoms with Gasteiger partial charge < -0.3 is 26.3 Å². The van der Waals surface area contributed by atoms with Crippen LogP contribution in [0.2, 0.25) is 0 Å². The maximum atomic E-state index is 11.7. The number of aliphatic carboxylic acids is 1. The highest BCUT2D eigenvalue weighted by Crippen LogP contribution is 2.03. The predicted molar refractivity (Wildman–Crippen MR) is 79.1 cm³/mol. The maximum absolute atomic E-state index is 11.7. The van der Waals surface area contributed by atoms with E-state index in [0.717, 1.165) is 0 Å². The standard InChI is InChI=1S/C12H21N3O5S/c1-7(17)9(13)2-8(5-16)3-14-10(6-21)12(20)15-4-11(18)19/h5,8-10,14,21H,2-4,6,13H2,1H3,(H,15,20)(H,18,19). The summed E-state index contributed by atoms with van der Waals surface area (Å²) in [6.45, 7) is 1.00. The van der Waals surface area contributed by atoms with E-state index in [1.165, 1.54) is 6.92 Å². The number of nitrogens with one attached hydrogen (secondary N) is 2. The fraction of sp³-hybridized carbons (Fsp3) is 0.667. The Hall–Kier alpha value is -1.45. The lowest BCUT2D eigenvalue weighted by Crippen LogP contribution is -2.48. The third-order valence-electron chi connectivity index (χ3n) is 2.81. The number of Topliss-reactive ketones (excluding diaryl/α,β-unsaturated/α-hetero) is 1. The molecule has 0 fully saturated rings. The number of aldehydes is 1. The number of nitrogens with two attached hydrogens (primary N) is 1. The third-order valence-corrected chi connectivity index (χ3v) is 3.18. The van der Waals surface area contributed by atoms with Crippen molar-refractivity contribution in [2.24, 2.45) is 11.7 Å². The van der Waals surface area contributed by atoms with Crippen molar-refractivity contribution in [3.8, 4) is 0 Å². The molecule has 21 heavy (non-hydrogen) atoms. The van der Waals surface area contributed by atoms with Crippen LogP contribution in [-0.2, 0) is 19.2 Å². The van der Waals surface area contributed by atoms with Crippen molar-refractivity contribution in [2.45, 2.75) is 25.4 Å². The van der Waals surface area contributed by atoms with E-state index >= 15 is 0 Å². The second-order valence-electron chi connectivity index (χ2n) is 4.60. The number of carbonyl (C=O) groups is 4. The first kappa shape index (κ1) is 19.6. The summed E-state index contributed by atoms with van der Waals surface area (Å²) in [5.41, 5.74) is 5.58. The molecule has 9 heteroatoms. The molecule has 0 radical (unpaired) electrons.